The van der Waals surface area contributed by atoms with E-state index in [0.717, 1.165) is 6.54 Å². The van der Waals surface area contributed by atoms with Crippen molar-refractivity contribution in [2.45, 2.75) is 13.0 Å². The van der Waals surface area contributed by atoms with Crippen LogP contribution in [0.3, 0.4) is 0 Å². The summed E-state index contributed by atoms with van der Waals surface area (Å²) in [5, 5.41) is 3.13. The van der Waals surface area contributed by atoms with Gasteiger partial charge in [-0.25, -0.2) is 4.39 Å². The van der Waals surface area contributed by atoms with E-state index in [2.05, 4.69) is 17.1 Å². The summed E-state index contributed by atoms with van der Waals surface area (Å²) >= 11 is 0. The molecule has 0 saturated carbocycles. The molecule has 0 spiro atoms. The minimum Gasteiger partial charge on any atom is -0.395 e. The van der Waals surface area contributed by atoms with Crippen molar-refractivity contribution in [2.24, 2.45) is 0 Å². The van der Waals surface area contributed by atoms with Crippen LogP contribution in [0.25, 0.3) is 0 Å². The van der Waals surface area contributed by atoms with Crippen LogP contribution < -0.4 is 11.1 Å². The molecule has 0 fully saturated rings. The average Bonchev–Trinajstić information content (AvgIpc) is 2.19. The molecule has 0 amide bonds. The van der Waals surface area contributed by atoms with E-state index < -0.39 is 0 Å². The van der Waals surface area contributed by atoms with Crippen molar-refractivity contribution in [3.63, 3.8) is 0 Å². The maximum atomic E-state index is 13.1. The molecule has 0 heterocycles. The molecule has 0 bridgehead atoms. The third-order valence-corrected chi connectivity index (χ3v) is 2.52. The third-order valence-electron chi connectivity index (χ3n) is 2.52. The van der Waals surface area contributed by atoms with Crippen molar-refractivity contribution < 1.29 is 4.39 Å². The number of rotatable bonds is 4. The summed E-state index contributed by atoms with van der Waals surface area (Å²) in [5.41, 5.74) is 6.43. The molecule has 1 unspecified atom stereocenters. The van der Waals surface area contributed by atoms with Crippen LogP contribution in [-0.2, 0) is 0 Å². The van der Waals surface area contributed by atoms with Crippen LogP contribution >= 0.6 is 0 Å². The van der Waals surface area contributed by atoms with E-state index in [0.29, 0.717) is 11.7 Å². The van der Waals surface area contributed by atoms with E-state index in [4.69, 9.17) is 5.73 Å². The van der Waals surface area contributed by atoms with Gasteiger partial charge < -0.3 is 16.0 Å². The number of likely N-dealkylation sites (N-methyl/N-ethyl adjacent to an activating group) is 1. The van der Waals surface area contributed by atoms with Gasteiger partial charge in [-0.2, -0.15) is 0 Å². The molecule has 1 rings (SSSR count). The normalized spacial score (nSPS) is 12.9. The van der Waals surface area contributed by atoms with Gasteiger partial charge in [-0.3, -0.25) is 0 Å². The van der Waals surface area contributed by atoms with Crippen LogP contribution in [0.15, 0.2) is 18.2 Å². The van der Waals surface area contributed by atoms with Gasteiger partial charge in [-0.05, 0) is 33.2 Å². The molecule has 1 aromatic rings. The first-order valence-corrected chi connectivity index (χ1v) is 4.96. The van der Waals surface area contributed by atoms with Crippen LogP contribution in [0.1, 0.15) is 6.92 Å². The second-order valence-electron chi connectivity index (χ2n) is 3.89. The molecule has 3 nitrogen and oxygen atoms in total. The summed E-state index contributed by atoms with van der Waals surface area (Å²) in [5.74, 6) is -0.377. The lowest BCUT2D eigenvalue weighted by atomic mass is 10.2. The first-order valence-electron chi connectivity index (χ1n) is 4.96. The Morgan fingerprint density at radius 2 is 2.13 bits per heavy atom. The van der Waals surface area contributed by atoms with Crippen molar-refractivity contribution in [1.29, 1.82) is 0 Å². The molecule has 84 valence electrons. The number of nitrogens with two attached hydrogens (primary N) is 1. The van der Waals surface area contributed by atoms with E-state index in [1.807, 2.05) is 14.1 Å². The summed E-state index contributed by atoms with van der Waals surface area (Å²) < 4.78 is 13.1. The zero-order chi connectivity index (χ0) is 11.4. The molecule has 0 aliphatic heterocycles. The highest BCUT2D eigenvalue weighted by Crippen LogP contribution is 2.20. The number of nitrogen functional groups attached to an aromatic ring is 1. The van der Waals surface area contributed by atoms with Gasteiger partial charge in [0.25, 0.3) is 0 Å². The van der Waals surface area contributed by atoms with E-state index in [9.17, 15) is 4.39 Å². The number of hydrogen-bond donors (Lipinski definition) is 2. The lowest BCUT2D eigenvalue weighted by molar-refractivity contribution is 0.326. The van der Waals surface area contributed by atoms with Crippen molar-refractivity contribution in [3.8, 4) is 0 Å². The third kappa shape index (κ3) is 3.09. The second kappa shape index (κ2) is 4.98. The van der Waals surface area contributed by atoms with Gasteiger partial charge in [0.1, 0.15) is 5.82 Å². The van der Waals surface area contributed by atoms with Crippen molar-refractivity contribution in [1.82, 2.24) is 4.90 Å². The number of hydrogen-bond acceptors (Lipinski definition) is 3. The first kappa shape index (κ1) is 11.8. The molecule has 1 aromatic carbocycles. The standard InChI is InChI=1S/C11H18FN3/c1-8(15(2)3)7-14-10-6-4-5-9(12)11(10)13/h4-6,8,14H,7,13H2,1-3H3. The van der Waals surface area contributed by atoms with Crippen LogP contribution in [0.2, 0.25) is 0 Å². The van der Waals surface area contributed by atoms with Gasteiger partial charge in [-0.1, -0.05) is 6.07 Å². The average molecular weight is 211 g/mol. The molecular formula is C11H18FN3. The smallest absolute Gasteiger partial charge is 0.148 e. The van der Waals surface area contributed by atoms with Crippen LogP contribution in [0.4, 0.5) is 15.8 Å². The van der Waals surface area contributed by atoms with Gasteiger partial charge in [0, 0.05) is 12.6 Å². The Balaban J connectivity index is 2.62. The SMILES string of the molecule is CC(CNc1cccc(F)c1N)N(C)C. The largest absolute Gasteiger partial charge is 0.395 e. The van der Waals surface area contributed by atoms with Gasteiger partial charge in [0.15, 0.2) is 0 Å². The van der Waals surface area contributed by atoms with E-state index >= 15 is 0 Å². The molecule has 15 heavy (non-hydrogen) atoms. The number of benzene rings is 1. The number of para-hydroxylation sites is 1. The van der Waals surface area contributed by atoms with Crippen molar-refractivity contribution in [3.05, 3.63) is 24.0 Å². The molecule has 0 radical (unpaired) electrons. The van der Waals surface area contributed by atoms with Gasteiger partial charge in [0.2, 0.25) is 0 Å². The summed E-state index contributed by atoms with van der Waals surface area (Å²) in [6.45, 7) is 2.82. The van der Waals surface area contributed by atoms with Crippen LogP contribution in [0.5, 0.6) is 0 Å². The molecular weight excluding hydrogens is 193 g/mol. The lowest BCUT2D eigenvalue weighted by Gasteiger charge is -2.21. The lowest BCUT2D eigenvalue weighted by Crippen LogP contribution is -2.31. The summed E-state index contributed by atoms with van der Waals surface area (Å²) in [6, 6.07) is 5.15. The highest BCUT2D eigenvalue weighted by atomic mass is 19.1. The van der Waals surface area contributed by atoms with Gasteiger partial charge in [-0.15, -0.1) is 0 Å². The minimum absolute atomic E-state index is 0.184. The highest BCUT2D eigenvalue weighted by Gasteiger charge is 2.07. The highest BCUT2D eigenvalue weighted by molar-refractivity contribution is 5.66. The Bertz CT molecular complexity index is 326. The molecule has 0 aliphatic rings. The Labute approximate surface area is 90.1 Å². The molecule has 1 atom stereocenters. The summed E-state index contributed by atoms with van der Waals surface area (Å²) in [7, 11) is 4.00. The fraction of sp³-hybridized carbons (Fsp3) is 0.455. The number of nitrogens with zero attached hydrogens (tertiary/aromatic N) is 1. The summed E-state index contributed by atoms with van der Waals surface area (Å²) in [6.07, 6.45) is 0. The zero-order valence-electron chi connectivity index (χ0n) is 9.42. The fourth-order valence-corrected chi connectivity index (χ4v) is 1.13. The van der Waals surface area contributed by atoms with E-state index in [-0.39, 0.29) is 11.5 Å². The number of halogens is 1. The van der Waals surface area contributed by atoms with Crippen molar-refractivity contribution >= 4 is 11.4 Å². The topological polar surface area (TPSA) is 41.3 Å². The quantitative estimate of drug-likeness (QED) is 0.746. The maximum absolute atomic E-state index is 13.1. The Morgan fingerprint density at radius 3 is 2.73 bits per heavy atom. The minimum atomic E-state index is -0.377. The molecule has 0 aliphatic carbocycles. The Morgan fingerprint density at radius 1 is 1.47 bits per heavy atom. The van der Waals surface area contributed by atoms with Gasteiger partial charge in [0.05, 0.1) is 11.4 Å². The molecule has 4 heteroatoms. The Kier molecular flexibility index (Phi) is 3.91. The first-order chi connectivity index (χ1) is 7.02. The predicted octanol–water partition coefficient (Wildman–Crippen LogP) is 1.77. The number of nitrogens with one attached hydrogen (secondary N) is 1. The van der Waals surface area contributed by atoms with E-state index in [1.165, 1.54) is 6.07 Å². The van der Waals surface area contributed by atoms with Crippen LogP contribution in [0, 0.1) is 5.82 Å². The van der Waals surface area contributed by atoms with Crippen LogP contribution in [-0.4, -0.2) is 31.6 Å². The number of anilines is 2. The van der Waals surface area contributed by atoms with Gasteiger partial charge >= 0.3 is 0 Å². The maximum Gasteiger partial charge on any atom is 0.148 e. The second-order valence-corrected chi connectivity index (χ2v) is 3.89. The Hall–Kier alpha value is -1.29. The zero-order valence-corrected chi connectivity index (χ0v) is 9.42. The van der Waals surface area contributed by atoms with Crippen molar-refractivity contribution in [2.75, 3.05) is 31.7 Å². The van der Waals surface area contributed by atoms with E-state index in [1.54, 1.807) is 12.1 Å². The fourth-order valence-electron chi connectivity index (χ4n) is 1.13. The molecule has 0 saturated heterocycles. The predicted molar refractivity (Wildman–Crippen MR) is 62.5 cm³/mol. The summed E-state index contributed by atoms with van der Waals surface area (Å²) in [4.78, 5) is 2.09. The molecule has 0 aromatic heterocycles. The monoisotopic (exact) mass is 211 g/mol. The molecule has 3 N–H and O–H groups in total.